The topological polar surface area (TPSA) is 62.5 Å². The molecule has 0 aliphatic rings. The van der Waals surface area contributed by atoms with Gasteiger partial charge in [-0.25, -0.2) is 4.98 Å². The Bertz CT molecular complexity index is 415. The molecule has 0 aliphatic carbocycles. The highest BCUT2D eigenvalue weighted by molar-refractivity contribution is 5.82. The van der Waals surface area contributed by atoms with Crippen molar-refractivity contribution in [3.05, 3.63) is 17.8 Å². The van der Waals surface area contributed by atoms with Crippen molar-refractivity contribution in [1.82, 2.24) is 9.88 Å². The van der Waals surface area contributed by atoms with Gasteiger partial charge in [0.25, 0.3) is 0 Å². The van der Waals surface area contributed by atoms with E-state index in [0.29, 0.717) is 18.1 Å². The minimum Gasteiger partial charge on any atom is -0.396 e. The van der Waals surface area contributed by atoms with Gasteiger partial charge >= 0.3 is 0 Å². The average Bonchev–Trinajstić information content (AvgIpc) is 2.33. The summed E-state index contributed by atoms with van der Waals surface area (Å²) in [6.07, 6.45) is 0. The third-order valence-electron chi connectivity index (χ3n) is 2.89. The molecule has 0 saturated carbocycles. The molecule has 0 bridgehead atoms. The summed E-state index contributed by atoms with van der Waals surface area (Å²) in [5, 5.41) is 0. The summed E-state index contributed by atoms with van der Waals surface area (Å²) in [5.41, 5.74) is 7.36. The number of carbonyl (C=O) groups is 1. The average molecular weight is 250 g/mol. The van der Waals surface area contributed by atoms with Crippen LogP contribution in [-0.2, 0) is 4.79 Å². The molecule has 0 radical (unpaired) electrons. The number of aromatic nitrogens is 1. The van der Waals surface area contributed by atoms with E-state index in [-0.39, 0.29) is 5.91 Å². The van der Waals surface area contributed by atoms with Gasteiger partial charge in [0.2, 0.25) is 5.91 Å². The van der Waals surface area contributed by atoms with Gasteiger partial charge in [-0.05, 0) is 32.9 Å². The molecule has 5 nitrogen and oxygen atoms in total. The molecule has 2 N–H and O–H groups in total. The third kappa shape index (κ3) is 3.35. The lowest BCUT2D eigenvalue weighted by atomic mass is 10.3. The summed E-state index contributed by atoms with van der Waals surface area (Å²) in [6, 6.07) is 3.68. The molecular formula is C13H22N4O. The Labute approximate surface area is 109 Å². The van der Waals surface area contributed by atoms with E-state index in [0.717, 1.165) is 18.8 Å². The van der Waals surface area contributed by atoms with Crippen molar-refractivity contribution in [2.75, 3.05) is 37.3 Å². The number of hydrogen-bond donors (Lipinski definition) is 1. The molecule has 1 rings (SSSR count). The second-order valence-electron chi connectivity index (χ2n) is 4.29. The van der Waals surface area contributed by atoms with Crippen molar-refractivity contribution in [3.63, 3.8) is 0 Å². The van der Waals surface area contributed by atoms with Crippen molar-refractivity contribution in [2.45, 2.75) is 20.8 Å². The van der Waals surface area contributed by atoms with Gasteiger partial charge in [0.1, 0.15) is 0 Å². The maximum absolute atomic E-state index is 12.0. The number of hydrogen-bond acceptors (Lipinski definition) is 4. The molecule has 0 aliphatic heterocycles. The van der Waals surface area contributed by atoms with Crippen LogP contribution in [0.25, 0.3) is 0 Å². The Balaban J connectivity index is 2.79. The number of nitrogens with zero attached hydrogens (tertiary/aromatic N) is 3. The highest BCUT2D eigenvalue weighted by Gasteiger charge is 2.15. The summed E-state index contributed by atoms with van der Waals surface area (Å²) in [6.45, 7) is 7.59. The summed E-state index contributed by atoms with van der Waals surface area (Å²) < 4.78 is 0. The van der Waals surface area contributed by atoms with Crippen LogP contribution >= 0.6 is 0 Å². The Morgan fingerprint density at radius 1 is 1.33 bits per heavy atom. The van der Waals surface area contributed by atoms with Gasteiger partial charge in [0.15, 0.2) is 5.82 Å². The smallest absolute Gasteiger partial charge is 0.242 e. The first-order chi connectivity index (χ1) is 8.49. The number of nitrogens with two attached hydrogens (primary N) is 1. The predicted octanol–water partition coefficient (Wildman–Crippen LogP) is 1.28. The zero-order chi connectivity index (χ0) is 13.7. The minimum absolute atomic E-state index is 0.0882. The quantitative estimate of drug-likeness (QED) is 0.855. The van der Waals surface area contributed by atoms with Crippen LogP contribution in [0.3, 0.4) is 0 Å². The van der Waals surface area contributed by atoms with Crippen molar-refractivity contribution >= 4 is 17.4 Å². The van der Waals surface area contributed by atoms with E-state index in [2.05, 4.69) is 4.98 Å². The minimum atomic E-state index is 0.0882. The number of carbonyl (C=O) groups excluding carboxylic acids is 1. The molecule has 0 fully saturated rings. The third-order valence-corrected chi connectivity index (χ3v) is 2.89. The van der Waals surface area contributed by atoms with E-state index in [1.807, 2.05) is 40.0 Å². The zero-order valence-corrected chi connectivity index (χ0v) is 11.6. The largest absolute Gasteiger partial charge is 0.396 e. The first kappa shape index (κ1) is 14.3. The molecular weight excluding hydrogens is 228 g/mol. The summed E-state index contributed by atoms with van der Waals surface area (Å²) in [5.74, 6) is 0.751. The van der Waals surface area contributed by atoms with Gasteiger partial charge in [0.05, 0.1) is 12.2 Å². The number of rotatable bonds is 5. The van der Waals surface area contributed by atoms with Crippen molar-refractivity contribution < 1.29 is 4.79 Å². The molecule has 1 heterocycles. The van der Waals surface area contributed by atoms with Crippen LogP contribution in [0, 0.1) is 6.92 Å². The lowest BCUT2D eigenvalue weighted by Gasteiger charge is -2.24. The highest BCUT2D eigenvalue weighted by Crippen LogP contribution is 2.19. The number of pyridine rings is 1. The molecule has 0 spiro atoms. The lowest BCUT2D eigenvalue weighted by molar-refractivity contribution is -0.129. The van der Waals surface area contributed by atoms with Gasteiger partial charge in [-0.2, -0.15) is 0 Å². The highest BCUT2D eigenvalue weighted by atomic mass is 16.2. The number of anilines is 2. The van der Waals surface area contributed by atoms with E-state index >= 15 is 0 Å². The first-order valence-electron chi connectivity index (χ1n) is 6.21. The van der Waals surface area contributed by atoms with Crippen LogP contribution in [0.1, 0.15) is 19.5 Å². The lowest BCUT2D eigenvalue weighted by Crippen LogP contribution is -2.39. The van der Waals surface area contributed by atoms with Gasteiger partial charge in [0, 0.05) is 25.8 Å². The molecule has 0 atom stereocenters. The Hall–Kier alpha value is -1.78. The molecule has 0 saturated heterocycles. The predicted molar refractivity (Wildman–Crippen MR) is 74.6 cm³/mol. The van der Waals surface area contributed by atoms with E-state index < -0.39 is 0 Å². The Kier molecular flexibility index (Phi) is 4.95. The monoisotopic (exact) mass is 250 g/mol. The second kappa shape index (κ2) is 6.23. The standard InChI is InChI=1S/C13H22N4O/c1-5-17(6-2)12(18)9-16(4)13-11(14)8-7-10(3)15-13/h7-8H,5-6,9,14H2,1-4H3. The van der Waals surface area contributed by atoms with Crippen LogP contribution in [0.2, 0.25) is 0 Å². The van der Waals surface area contributed by atoms with Gasteiger partial charge in [-0.3, -0.25) is 4.79 Å². The van der Waals surface area contributed by atoms with Crippen LogP contribution < -0.4 is 10.6 Å². The molecule has 1 amide bonds. The molecule has 0 unspecified atom stereocenters. The molecule has 5 heteroatoms. The molecule has 18 heavy (non-hydrogen) atoms. The number of amides is 1. The molecule has 1 aromatic heterocycles. The number of nitrogen functional groups attached to an aromatic ring is 1. The fraction of sp³-hybridized carbons (Fsp3) is 0.538. The van der Waals surface area contributed by atoms with E-state index in [4.69, 9.17) is 5.73 Å². The van der Waals surface area contributed by atoms with Crippen LogP contribution in [0.15, 0.2) is 12.1 Å². The fourth-order valence-corrected chi connectivity index (χ4v) is 1.81. The van der Waals surface area contributed by atoms with E-state index in [1.54, 1.807) is 9.80 Å². The molecule has 1 aromatic rings. The van der Waals surface area contributed by atoms with Crippen LogP contribution in [0.4, 0.5) is 11.5 Å². The summed E-state index contributed by atoms with van der Waals surface area (Å²) in [7, 11) is 1.83. The van der Waals surface area contributed by atoms with Gasteiger partial charge in [-0.1, -0.05) is 0 Å². The normalized spacial score (nSPS) is 10.2. The van der Waals surface area contributed by atoms with Crippen LogP contribution in [-0.4, -0.2) is 42.5 Å². The van der Waals surface area contributed by atoms with Crippen molar-refractivity contribution in [3.8, 4) is 0 Å². The first-order valence-corrected chi connectivity index (χ1v) is 6.21. The molecule has 100 valence electrons. The van der Waals surface area contributed by atoms with Crippen molar-refractivity contribution in [1.29, 1.82) is 0 Å². The second-order valence-corrected chi connectivity index (χ2v) is 4.29. The number of aryl methyl sites for hydroxylation is 1. The summed E-state index contributed by atoms with van der Waals surface area (Å²) in [4.78, 5) is 20.0. The van der Waals surface area contributed by atoms with E-state index in [9.17, 15) is 4.79 Å². The maximum atomic E-state index is 12.0. The van der Waals surface area contributed by atoms with Gasteiger partial charge in [-0.15, -0.1) is 0 Å². The number of likely N-dealkylation sites (N-methyl/N-ethyl adjacent to an activating group) is 2. The van der Waals surface area contributed by atoms with Gasteiger partial charge < -0.3 is 15.5 Å². The summed E-state index contributed by atoms with van der Waals surface area (Å²) >= 11 is 0. The van der Waals surface area contributed by atoms with E-state index in [1.165, 1.54) is 0 Å². The van der Waals surface area contributed by atoms with Crippen molar-refractivity contribution in [2.24, 2.45) is 0 Å². The zero-order valence-electron chi connectivity index (χ0n) is 11.6. The maximum Gasteiger partial charge on any atom is 0.242 e. The Morgan fingerprint density at radius 3 is 2.50 bits per heavy atom. The SMILES string of the molecule is CCN(CC)C(=O)CN(C)c1nc(C)ccc1N. The van der Waals surface area contributed by atoms with Crippen LogP contribution in [0.5, 0.6) is 0 Å². The molecule has 0 aromatic carbocycles. The Morgan fingerprint density at radius 2 is 1.94 bits per heavy atom. The fourth-order valence-electron chi connectivity index (χ4n) is 1.81.